The molecular weight excluding hydrogens is 281 g/mol. The molecule has 2 rings (SSSR count). The first-order valence-electron chi connectivity index (χ1n) is 5.25. The van der Waals surface area contributed by atoms with Gasteiger partial charge < -0.3 is 0 Å². The molecule has 0 saturated carbocycles. The lowest BCUT2D eigenvalue weighted by Gasteiger charge is -2.13. The minimum Gasteiger partial charge on any atom is -0.295 e. The van der Waals surface area contributed by atoms with E-state index in [1.807, 2.05) is 0 Å². The van der Waals surface area contributed by atoms with Crippen LogP contribution in [-0.2, 0) is 12.7 Å². The first kappa shape index (κ1) is 13.6. The van der Waals surface area contributed by atoms with E-state index in [4.69, 9.17) is 11.6 Å². The van der Waals surface area contributed by atoms with Crippen LogP contribution < -0.4 is 5.56 Å². The first-order valence-corrected chi connectivity index (χ1v) is 5.63. The highest BCUT2D eigenvalue weighted by molar-refractivity contribution is 6.29. The predicted molar refractivity (Wildman–Crippen MR) is 64.1 cm³/mol. The molecular formula is C12H8ClF3N2O. The van der Waals surface area contributed by atoms with Crippen molar-refractivity contribution >= 4 is 11.6 Å². The van der Waals surface area contributed by atoms with Gasteiger partial charge in [0.2, 0.25) is 0 Å². The van der Waals surface area contributed by atoms with Crippen LogP contribution in [0.1, 0.15) is 11.1 Å². The van der Waals surface area contributed by atoms with Gasteiger partial charge in [0.05, 0.1) is 18.4 Å². The van der Waals surface area contributed by atoms with Crippen LogP contribution >= 0.6 is 11.6 Å². The van der Waals surface area contributed by atoms with Crippen molar-refractivity contribution in [3.8, 4) is 0 Å². The Bertz CT molecular complexity index is 652. The zero-order valence-corrected chi connectivity index (χ0v) is 10.2. The zero-order chi connectivity index (χ0) is 14.0. The van der Waals surface area contributed by atoms with Gasteiger partial charge in [-0.2, -0.15) is 13.2 Å². The minimum atomic E-state index is -4.46. The number of nitrogens with zero attached hydrogens (tertiary/aromatic N) is 2. The zero-order valence-electron chi connectivity index (χ0n) is 9.49. The Hall–Kier alpha value is -1.82. The fraction of sp³-hybridized carbons (Fsp3) is 0.167. The molecule has 0 aliphatic rings. The molecule has 0 N–H and O–H groups in total. The second kappa shape index (κ2) is 5.05. The Kier molecular flexibility index (Phi) is 3.61. The van der Waals surface area contributed by atoms with Crippen molar-refractivity contribution in [1.82, 2.24) is 9.55 Å². The molecule has 0 unspecified atom stereocenters. The maximum atomic E-state index is 12.8. The molecule has 1 aromatic heterocycles. The Morgan fingerprint density at radius 1 is 1.26 bits per heavy atom. The highest BCUT2D eigenvalue weighted by Gasteiger charge is 2.32. The number of hydrogen-bond donors (Lipinski definition) is 0. The van der Waals surface area contributed by atoms with Crippen molar-refractivity contribution in [1.29, 1.82) is 0 Å². The van der Waals surface area contributed by atoms with Gasteiger partial charge in [-0.25, -0.2) is 4.98 Å². The van der Waals surface area contributed by atoms with Crippen LogP contribution in [0, 0.1) is 0 Å². The SMILES string of the molecule is O=c1cc(Cl)ncn1Cc1ccccc1C(F)(F)F. The van der Waals surface area contributed by atoms with Crippen LogP contribution in [-0.4, -0.2) is 9.55 Å². The summed E-state index contributed by atoms with van der Waals surface area (Å²) in [4.78, 5) is 15.2. The van der Waals surface area contributed by atoms with E-state index in [0.29, 0.717) is 0 Å². The van der Waals surface area contributed by atoms with Crippen molar-refractivity contribution in [2.75, 3.05) is 0 Å². The molecule has 0 bridgehead atoms. The molecule has 100 valence electrons. The Morgan fingerprint density at radius 2 is 1.95 bits per heavy atom. The maximum absolute atomic E-state index is 12.8. The van der Waals surface area contributed by atoms with E-state index in [9.17, 15) is 18.0 Å². The van der Waals surface area contributed by atoms with Crippen LogP contribution in [0.25, 0.3) is 0 Å². The first-order chi connectivity index (χ1) is 8.88. The molecule has 1 heterocycles. The largest absolute Gasteiger partial charge is 0.416 e. The summed E-state index contributed by atoms with van der Waals surface area (Å²) in [5, 5.41) is 0.00496. The average Bonchev–Trinajstić information content (AvgIpc) is 2.32. The molecule has 0 aliphatic heterocycles. The summed E-state index contributed by atoms with van der Waals surface area (Å²) in [5.41, 5.74) is -1.27. The second-order valence-electron chi connectivity index (χ2n) is 3.83. The third-order valence-corrected chi connectivity index (χ3v) is 2.72. The number of halogens is 4. The number of benzene rings is 1. The Labute approximate surface area is 111 Å². The quantitative estimate of drug-likeness (QED) is 0.796. The molecule has 0 fully saturated rings. The molecule has 0 aliphatic carbocycles. The third kappa shape index (κ3) is 3.14. The van der Waals surface area contributed by atoms with E-state index in [-0.39, 0.29) is 17.3 Å². The summed E-state index contributed by atoms with van der Waals surface area (Å²) in [6, 6.07) is 6.14. The summed E-state index contributed by atoms with van der Waals surface area (Å²) in [6.45, 7) is -0.210. The number of aromatic nitrogens is 2. The van der Waals surface area contributed by atoms with Gasteiger partial charge in [-0.05, 0) is 11.6 Å². The van der Waals surface area contributed by atoms with Crippen molar-refractivity contribution < 1.29 is 13.2 Å². The molecule has 0 radical (unpaired) electrons. The van der Waals surface area contributed by atoms with E-state index in [2.05, 4.69) is 4.98 Å². The van der Waals surface area contributed by atoms with Crippen LogP contribution in [0.15, 0.2) is 41.5 Å². The van der Waals surface area contributed by atoms with Gasteiger partial charge in [0.25, 0.3) is 5.56 Å². The maximum Gasteiger partial charge on any atom is 0.416 e. The predicted octanol–water partition coefficient (Wildman–Crippen LogP) is 2.96. The minimum absolute atomic E-state index is 0.00113. The van der Waals surface area contributed by atoms with Gasteiger partial charge in [0, 0.05) is 6.07 Å². The van der Waals surface area contributed by atoms with Crippen LogP contribution in [0.2, 0.25) is 5.15 Å². The van der Waals surface area contributed by atoms with Crippen LogP contribution in [0.4, 0.5) is 13.2 Å². The smallest absolute Gasteiger partial charge is 0.295 e. The van der Waals surface area contributed by atoms with E-state index in [0.717, 1.165) is 23.0 Å². The summed E-state index contributed by atoms with van der Waals surface area (Å²) in [5.74, 6) is 0. The van der Waals surface area contributed by atoms with Gasteiger partial charge in [-0.15, -0.1) is 0 Å². The molecule has 2 aromatic rings. The summed E-state index contributed by atoms with van der Waals surface area (Å²) < 4.78 is 39.4. The topological polar surface area (TPSA) is 34.9 Å². The molecule has 0 amide bonds. The number of hydrogen-bond acceptors (Lipinski definition) is 2. The van der Waals surface area contributed by atoms with Gasteiger partial charge in [-0.3, -0.25) is 9.36 Å². The van der Waals surface area contributed by atoms with E-state index < -0.39 is 17.3 Å². The number of alkyl halides is 3. The average molecular weight is 289 g/mol. The molecule has 0 spiro atoms. The van der Waals surface area contributed by atoms with E-state index in [1.165, 1.54) is 18.2 Å². The standard InChI is InChI=1S/C12H8ClF3N2O/c13-10-5-11(19)18(7-17-10)6-8-3-1-2-4-9(8)12(14,15)16/h1-5,7H,6H2. The number of rotatable bonds is 2. The highest BCUT2D eigenvalue weighted by atomic mass is 35.5. The van der Waals surface area contributed by atoms with Gasteiger partial charge in [0.15, 0.2) is 0 Å². The highest BCUT2D eigenvalue weighted by Crippen LogP contribution is 2.31. The molecule has 7 heteroatoms. The third-order valence-electron chi connectivity index (χ3n) is 2.51. The van der Waals surface area contributed by atoms with E-state index in [1.54, 1.807) is 0 Å². The lowest BCUT2D eigenvalue weighted by molar-refractivity contribution is -0.138. The van der Waals surface area contributed by atoms with Gasteiger partial charge >= 0.3 is 6.18 Å². The second-order valence-corrected chi connectivity index (χ2v) is 4.22. The lowest BCUT2D eigenvalue weighted by Crippen LogP contribution is -2.21. The monoisotopic (exact) mass is 288 g/mol. The Balaban J connectivity index is 2.42. The fourth-order valence-electron chi connectivity index (χ4n) is 1.64. The van der Waals surface area contributed by atoms with Crippen molar-refractivity contribution in [3.05, 3.63) is 63.3 Å². The summed E-state index contributed by atoms with van der Waals surface area (Å²) in [7, 11) is 0. The van der Waals surface area contributed by atoms with Crippen molar-refractivity contribution in [2.24, 2.45) is 0 Å². The summed E-state index contributed by atoms with van der Waals surface area (Å²) >= 11 is 5.52. The molecule has 1 aromatic carbocycles. The molecule has 0 atom stereocenters. The Morgan fingerprint density at radius 3 is 2.58 bits per heavy atom. The van der Waals surface area contributed by atoms with Gasteiger partial charge in [-0.1, -0.05) is 29.8 Å². The fourth-order valence-corrected chi connectivity index (χ4v) is 1.78. The van der Waals surface area contributed by atoms with Gasteiger partial charge in [0.1, 0.15) is 5.15 Å². The summed E-state index contributed by atoms with van der Waals surface area (Å²) in [6.07, 6.45) is -3.34. The molecule has 0 saturated heterocycles. The van der Waals surface area contributed by atoms with Crippen molar-refractivity contribution in [2.45, 2.75) is 12.7 Å². The lowest BCUT2D eigenvalue weighted by atomic mass is 10.1. The van der Waals surface area contributed by atoms with E-state index >= 15 is 0 Å². The van der Waals surface area contributed by atoms with Crippen molar-refractivity contribution in [3.63, 3.8) is 0 Å². The molecule has 3 nitrogen and oxygen atoms in total. The molecule has 19 heavy (non-hydrogen) atoms. The normalized spacial score (nSPS) is 11.6. The van der Waals surface area contributed by atoms with Crippen LogP contribution in [0.3, 0.4) is 0 Å². The van der Waals surface area contributed by atoms with Crippen LogP contribution in [0.5, 0.6) is 0 Å².